The summed E-state index contributed by atoms with van der Waals surface area (Å²) in [6.45, 7) is 2.83. The number of fused-ring (bicyclic) bond motifs is 1. The predicted molar refractivity (Wildman–Crippen MR) is 100 cm³/mol. The zero-order chi connectivity index (χ0) is 20.3. The lowest BCUT2D eigenvalue weighted by molar-refractivity contribution is -0.139. The molecule has 1 saturated carbocycles. The van der Waals surface area contributed by atoms with E-state index in [1.54, 1.807) is 24.3 Å². The fraction of sp³-hybridized carbons (Fsp3) is 0.474. The second kappa shape index (κ2) is 8.39. The second-order valence-corrected chi connectivity index (χ2v) is 6.99. The van der Waals surface area contributed by atoms with E-state index in [-0.39, 0.29) is 49.6 Å². The van der Waals surface area contributed by atoms with Crippen molar-refractivity contribution in [3.05, 3.63) is 35.4 Å². The average Bonchev–Trinajstić information content (AvgIpc) is 2.88. The number of rotatable bonds is 8. The minimum Gasteiger partial charge on any atom is -0.480 e. The zero-order valence-electron chi connectivity index (χ0n) is 15.7. The summed E-state index contributed by atoms with van der Waals surface area (Å²) < 4.78 is 0. The van der Waals surface area contributed by atoms with Gasteiger partial charge < -0.3 is 15.7 Å². The first-order chi connectivity index (χ1) is 13.4. The van der Waals surface area contributed by atoms with Crippen LogP contribution in [0.15, 0.2) is 24.3 Å². The van der Waals surface area contributed by atoms with Crippen molar-refractivity contribution in [2.24, 2.45) is 0 Å². The molecule has 4 amide bonds. The van der Waals surface area contributed by atoms with Crippen molar-refractivity contribution in [2.75, 3.05) is 26.2 Å². The molecule has 0 radical (unpaired) electrons. The molecule has 150 valence electrons. The molecule has 0 unspecified atom stereocenters. The number of aliphatic carboxylic acids is 1. The Hall–Kier alpha value is -2.94. The molecule has 1 aromatic rings. The molecule has 9 heteroatoms. The van der Waals surface area contributed by atoms with E-state index in [4.69, 9.17) is 5.11 Å². The lowest BCUT2D eigenvalue weighted by atomic mass is 9.85. The number of carboxylic acids is 1. The number of nitrogens with one attached hydrogen (secondary N) is 2. The fourth-order valence-electron chi connectivity index (χ4n) is 3.64. The minimum absolute atomic E-state index is 0.000361. The number of nitrogens with zero attached hydrogens (tertiary/aromatic N) is 2. The SMILES string of the molecule is CCN(CC(=O)O)C1CC(NC(=O)NCCN2C(=O)c3ccccc3C2=O)C1. The van der Waals surface area contributed by atoms with E-state index >= 15 is 0 Å². The molecule has 1 aliphatic carbocycles. The first kappa shape index (κ1) is 19.8. The molecule has 3 N–H and O–H groups in total. The number of imide groups is 1. The summed E-state index contributed by atoms with van der Waals surface area (Å²) in [5, 5.41) is 14.4. The Balaban J connectivity index is 1.38. The molecule has 0 spiro atoms. The van der Waals surface area contributed by atoms with Crippen LogP contribution in [0.4, 0.5) is 4.79 Å². The minimum atomic E-state index is -0.857. The van der Waals surface area contributed by atoms with Crippen LogP contribution in [0.5, 0.6) is 0 Å². The van der Waals surface area contributed by atoms with Gasteiger partial charge in [-0.05, 0) is 31.5 Å². The van der Waals surface area contributed by atoms with Gasteiger partial charge in [-0.15, -0.1) is 0 Å². The highest BCUT2D eigenvalue weighted by Gasteiger charge is 2.36. The number of hydrogen-bond donors (Lipinski definition) is 3. The van der Waals surface area contributed by atoms with Gasteiger partial charge >= 0.3 is 12.0 Å². The molecule has 1 heterocycles. The highest BCUT2D eigenvalue weighted by atomic mass is 16.4. The van der Waals surface area contributed by atoms with Gasteiger partial charge in [0.15, 0.2) is 0 Å². The Morgan fingerprint density at radius 3 is 2.32 bits per heavy atom. The molecule has 1 aliphatic heterocycles. The van der Waals surface area contributed by atoms with Gasteiger partial charge in [0, 0.05) is 25.2 Å². The third-order valence-corrected chi connectivity index (χ3v) is 5.21. The number of likely N-dealkylation sites (N-methyl/N-ethyl adjacent to an activating group) is 1. The van der Waals surface area contributed by atoms with Crippen LogP contribution in [0.25, 0.3) is 0 Å². The Labute approximate surface area is 162 Å². The normalized spacial score (nSPS) is 20.7. The number of urea groups is 1. The molecule has 1 aromatic carbocycles. The Kier molecular flexibility index (Phi) is 5.93. The van der Waals surface area contributed by atoms with Crippen molar-refractivity contribution in [1.29, 1.82) is 0 Å². The summed E-state index contributed by atoms with van der Waals surface area (Å²) >= 11 is 0. The van der Waals surface area contributed by atoms with Crippen molar-refractivity contribution in [3.63, 3.8) is 0 Å². The van der Waals surface area contributed by atoms with Gasteiger partial charge in [-0.2, -0.15) is 0 Å². The summed E-state index contributed by atoms with van der Waals surface area (Å²) in [5.41, 5.74) is 0.776. The number of amides is 4. The lowest BCUT2D eigenvalue weighted by Crippen LogP contribution is -2.56. The summed E-state index contributed by atoms with van der Waals surface area (Å²) in [6.07, 6.45) is 1.40. The van der Waals surface area contributed by atoms with Crippen LogP contribution in [0.2, 0.25) is 0 Å². The van der Waals surface area contributed by atoms with E-state index < -0.39 is 5.97 Å². The summed E-state index contributed by atoms with van der Waals surface area (Å²) in [7, 11) is 0. The first-order valence-corrected chi connectivity index (χ1v) is 9.36. The van der Waals surface area contributed by atoms with Crippen LogP contribution in [0.1, 0.15) is 40.5 Å². The quantitative estimate of drug-likeness (QED) is 0.559. The molecule has 28 heavy (non-hydrogen) atoms. The zero-order valence-corrected chi connectivity index (χ0v) is 15.7. The Morgan fingerprint density at radius 1 is 1.18 bits per heavy atom. The van der Waals surface area contributed by atoms with Crippen molar-refractivity contribution in [2.45, 2.75) is 31.8 Å². The van der Waals surface area contributed by atoms with E-state index in [1.165, 1.54) is 0 Å². The Bertz CT molecular complexity index is 755. The van der Waals surface area contributed by atoms with Crippen LogP contribution in [-0.2, 0) is 4.79 Å². The van der Waals surface area contributed by atoms with E-state index in [9.17, 15) is 19.2 Å². The average molecular weight is 388 g/mol. The molecule has 1 fully saturated rings. The van der Waals surface area contributed by atoms with Crippen LogP contribution in [0.3, 0.4) is 0 Å². The highest BCUT2D eigenvalue weighted by molar-refractivity contribution is 6.21. The molecule has 0 atom stereocenters. The maximum Gasteiger partial charge on any atom is 0.317 e. The number of hydrogen-bond acceptors (Lipinski definition) is 5. The number of carbonyl (C=O) groups excluding carboxylic acids is 3. The Morgan fingerprint density at radius 2 is 1.79 bits per heavy atom. The van der Waals surface area contributed by atoms with E-state index in [1.807, 2.05) is 11.8 Å². The van der Waals surface area contributed by atoms with Gasteiger partial charge in [-0.1, -0.05) is 19.1 Å². The van der Waals surface area contributed by atoms with Crippen LogP contribution >= 0.6 is 0 Å². The largest absolute Gasteiger partial charge is 0.480 e. The monoisotopic (exact) mass is 388 g/mol. The third kappa shape index (κ3) is 4.14. The molecular weight excluding hydrogens is 364 g/mol. The second-order valence-electron chi connectivity index (χ2n) is 6.99. The van der Waals surface area contributed by atoms with Gasteiger partial charge in [0.05, 0.1) is 17.7 Å². The van der Waals surface area contributed by atoms with Gasteiger partial charge in [-0.3, -0.25) is 24.2 Å². The molecule has 9 nitrogen and oxygen atoms in total. The highest BCUT2D eigenvalue weighted by Crippen LogP contribution is 2.25. The van der Waals surface area contributed by atoms with Crippen molar-refractivity contribution in [1.82, 2.24) is 20.4 Å². The molecular formula is C19H24N4O5. The van der Waals surface area contributed by atoms with Gasteiger partial charge in [0.25, 0.3) is 11.8 Å². The molecule has 0 saturated heterocycles. The van der Waals surface area contributed by atoms with Gasteiger partial charge in [0.1, 0.15) is 0 Å². The van der Waals surface area contributed by atoms with Crippen LogP contribution in [0, 0.1) is 0 Å². The van der Waals surface area contributed by atoms with Crippen molar-refractivity contribution in [3.8, 4) is 0 Å². The fourth-order valence-corrected chi connectivity index (χ4v) is 3.64. The number of carboxylic acid groups (broad SMARTS) is 1. The maximum atomic E-state index is 12.3. The topological polar surface area (TPSA) is 119 Å². The van der Waals surface area contributed by atoms with Gasteiger partial charge in [-0.25, -0.2) is 4.79 Å². The summed E-state index contributed by atoms with van der Waals surface area (Å²) in [5.74, 6) is -1.55. The van der Waals surface area contributed by atoms with E-state index in [0.717, 1.165) is 4.90 Å². The van der Waals surface area contributed by atoms with Gasteiger partial charge in [0.2, 0.25) is 0 Å². The van der Waals surface area contributed by atoms with Crippen LogP contribution < -0.4 is 10.6 Å². The number of benzene rings is 1. The van der Waals surface area contributed by atoms with Crippen molar-refractivity contribution < 1.29 is 24.3 Å². The standard InChI is InChI=1S/C19H24N4O5/c1-2-22(11-16(24)25)13-9-12(10-13)21-19(28)20-7-8-23-17(26)14-5-3-4-6-15(14)18(23)27/h3-6,12-13H,2,7-11H2,1H3,(H,24,25)(H2,20,21,28). The molecule has 0 aromatic heterocycles. The predicted octanol–water partition coefficient (Wildman–Crippen LogP) is 0.519. The molecule has 3 rings (SSSR count). The molecule has 2 aliphatic rings. The number of carbonyl (C=O) groups is 4. The van der Waals surface area contributed by atoms with E-state index in [2.05, 4.69) is 10.6 Å². The van der Waals surface area contributed by atoms with Crippen LogP contribution in [-0.4, -0.2) is 77.0 Å². The summed E-state index contributed by atoms with van der Waals surface area (Å²) in [4.78, 5) is 50.4. The third-order valence-electron chi connectivity index (χ3n) is 5.21. The lowest BCUT2D eigenvalue weighted by Gasteiger charge is -2.42. The molecule has 0 bridgehead atoms. The van der Waals surface area contributed by atoms with E-state index in [0.29, 0.717) is 30.5 Å². The smallest absolute Gasteiger partial charge is 0.317 e. The first-order valence-electron chi connectivity index (χ1n) is 9.36. The van der Waals surface area contributed by atoms with Crippen molar-refractivity contribution >= 4 is 23.8 Å². The maximum absolute atomic E-state index is 12.3. The summed E-state index contributed by atoms with van der Waals surface area (Å²) in [6, 6.07) is 6.44.